The molecule has 0 aromatic rings. The fourth-order valence-corrected chi connectivity index (χ4v) is 1.29. The molecule has 0 amide bonds. The third-order valence-electron chi connectivity index (χ3n) is 2.35. The summed E-state index contributed by atoms with van der Waals surface area (Å²) < 4.78 is 0. The Morgan fingerprint density at radius 3 is 2.33 bits per heavy atom. The molecular weight excluding hydrogens is 114 g/mol. The van der Waals surface area contributed by atoms with Crippen LogP contribution in [0.5, 0.6) is 0 Å². The quantitative estimate of drug-likeness (QED) is 0.574. The van der Waals surface area contributed by atoms with Crippen molar-refractivity contribution in [1.82, 2.24) is 0 Å². The van der Waals surface area contributed by atoms with Crippen molar-refractivity contribution in [2.24, 2.45) is 5.73 Å². The van der Waals surface area contributed by atoms with Crippen molar-refractivity contribution < 1.29 is 5.11 Å². The van der Waals surface area contributed by atoms with Crippen LogP contribution >= 0.6 is 0 Å². The Morgan fingerprint density at radius 2 is 2.22 bits per heavy atom. The Kier molecular flexibility index (Phi) is 1.78. The van der Waals surface area contributed by atoms with Crippen LogP contribution in [0.15, 0.2) is 0 Å². The molecule has 0 radical (unpaired) electrons. The van der Waals surface area contributed by atoms with Crippen LogP contribution in [0, 0.1) is 0 Å². The van der Waals surface area contributed by atoms with E-state index in [0.29, 0.717) is 0 Å². The van der Waals surface area contributed by atoms with Gasteiger partial charge in [0.1, 0.15) is 0 Å². The Labute approximate surface area is 56.1 Å². The fourth-order valence-electron chi connectivity index (χ4n) is 1.29. The lowest BCUT2D eigenvalue weighted by Crippen LogP contribution is -2.52. The molecule has 0 aromatic carbocycles. The molecule has 1 atom stereocenters. The second-order valence-electron chi connectivity index (χ2n) is 2.97. The zero-order valence-corrected chi connectivity index (χ0v) is 5.93. The van der Waals surface area contributed by atoms with Gasteiger partial charge >= 0.3 is 0 Å². The van der Waals surface area contributed by atoms with Crippen LogP contribution in [0.3, 0.4) is 0 Å². The van der Waals surface area contributed by atoms with Gasteiger partial charge < -0.3 is 10.8 Å². The van der Waals surface area contributed by atoms with Gasteiger partial charge in [-0.15, -0.1) is 0 Å². The lowest BCUT2D eigenvalue weighted by atomic mass is 9.74. The van der Waals surface area contributed by atoms with Crippen LogP contribution < -0.4 is 5.73 Å². The average molecular weight is 129 g/mol. The Hall–Kier alpha value is -0.0800. The van der Waals surface area contributed by atoms with Crippen molar-refractivity contribution in [3.8, 4) is 0 Å². The van der Waals surface area contributed by atoms with Crippen molar-refractivity contribution in [3.05, 3.63) is 0 Å². The summed E-state index contributed by atoms with van der Waals surface area (Å²) in [5.41, 5.74) is 5.17. The van der Waals surface area contributed by atoms with Gasteiger partial charge in [0.25, 0.3) is 0 Å². The molecule has 2 heteroatoms. The lowest BCUT2D eigenvalue weighted by Gasteiger charge is -2.41. The summed E-state index contributed by atoms with van der Waals surface area (Å²) in [4.78, 5) is 0. The van der Waals surface area contributed by atoms with Gasteiger partial charge in [0, 0.05) is 6.04 Å². The molecular formula is C7H15NO. The zero-order chi connectivity index (χ0) is 6.91. The predicted molar refractivity (Wildman–Crippen MR) is 37.1 cm³/mol. The molecule has 0 unspecified atom stereocenters. The van der Waals surface area contributed by atoms with E-state index in [0.717, 1.165) is 25.7 Å². The summed E-state index contributed by atoms with van der Waals surface area (Å²) in [6.45, 7) is 2.01. The third kappa shape index (κ3) is 1.10. The minimum absolute atomic E-state index is 0.00579. The summed E-state index contributed by atoms with van der Waals surface area (Å²) in [5, 5.41) is 9.55. The first kappa shape index (κ1) is 7.03. The monoisotopic (exact) mass is 129 g/mol. The van der Waals surface area contributed by atoms with E-state index in [2.05, 4.69) is 0 Å². The van der Waals surface area contributed by atoms with Crippen LogP contribution in [0.2, 0.25) is 0 Å². The number of rotatable bonds is 2. The van der Waals surface area contributed by atoms with E-state index in [4.69, 9.17) is 5.73 Å². The maximum absolute atomic E-state index is 9.55. The van der Waals surface area contributed by atoms with Crippen molar-refractivity contribution in [3.63, 3.8) is 0 Å². The molecule has 0 bridgehead atoms. The van der Waals surface area contributed by atoms with Gasteiger partial charge in [-0.2, -0.15) is 0 Å². The summed E-state index contributed by atoms with van der Waals surface area (Å²) in [6, 6.07) is 0.00579. The zero-order valence-electron chi connectivity index (χ0n) is 5.93. The van der Waals surface area contributed by atoms with Crippen molar-refractivity contribution in [2.45, 2.75) is 44.2 Å². The summed E-state index contributed by atoms with van der Waals surface area (Å²) >= 11 is 0. The minimum Gasteiger partial charge on any atom is -0.388 e. The number of hydrogen-bond donors (Lipinski definition) is 2. The van der Waals surface area contributed by atoms with Crippen LogP contribution in [0.4, 0.5) is 0 Å². The van der Waals surface area contributed by atoms with E-state index in [-0.39, 0.29) is 6.04 Å². The highest BCUT2D eigenvalue weighted by Gasteiger charge is 2.39. The normalized spacial score (nSPS) is 27.0. The van der Waals surface area contributed by atoms with Crippen LogP contribution in [-0.2, 0) is 0 Å². The molecule has 3 N–H and O–H groups in total. The van der Waals surface area contributed by atoms with E-state index >= 15 is 0 Å². The number of nitrogens with two attached hydrogens (primary N) is 1. The second kappa shape index (κ2) is 2.27. The van der Waals surface area contributed by atoms with Gasteiger partial charge in [0.15, 0.2) is 0 Å². The number of hydrogen-bond acceptors (Lipinski definition) is 2. The Morgan fingerprint density at radius 1 is 1.67 bits per heavy atom. The lowest BCUT2D eigenvalue weighted by molar-refractivity contribution is -0.0555. The largest absolute Gasteiger partial charge is 0.388 e. The number of aliphatic hydroxyl groups is 1. The maximum Gasteiger partial charge on any atom is 0.0797 e. The standard InChI is InChI=1S/C7H15NO/c1-2-6(8)7(9)4-3-5-7/h6,9H,2-5,8H2,1H3/t6-/m1/s1. The Bertz CT molecular complexity index is 99.1. The van der Waals surface area contributed by atoms with Crippen LogP contribution in [-0.4, -0.2) is 16.7 Å². The minimum atomic E-state index is -0.491. The van der Waals surface area contributed by atoms with E-state index < -0.39 is 5.60 Å². The first-order valence-corrected chi connectivity index (χ1v) is 3.67. The molecule has 0 aromatic heterocycles. The molecule has 9 heavy (non-hydrogen) atoms. The summed E-state index contributed by atoms with van der Waals surface area (Å²) in [5.74, 6) is 0. The van der Waals surface area contributed by atoms with Crippen LogP contribution in [0.25, 0.3) is 0 Å². The molecule has 0 spiro atoms. The van der Waals surface area contributed by atoms with Gasteiger partial charge in [0.2, 0.25) is 0 Å². The van der Waals surface area contributed by atoms with Gasteiger partial charge in [-0.1, -0.05) is 6.92 Å². The van der Waals surface area contributed by atoms with E-state index in [1.165, 1.54) is 0 Å². The van der Waals surface area contributed by atoms with Gasteiger partial charge in [-0.05, 0) is 25.7 Å². The maximum atomic E-state index is 9.55. The molecule has 2 nitrogen and oxygen atoms in total. The summed E-state index contributed by atoms with van der Waals surface area (Å²) in [6.07, 6.45) is 3.84. The van der Waals surface area contributed by atoms with E-state index in [9.17, 15) is 5.11 Å². The van der Waals surface area contributed by atoms with Crippen LogP contribution in [0.1, 0.15) is 32.6 Å². The topological polar surface area (TPSA) is 46.2 Å². The molecule has 0 saturated heterocycles. The molecule has 1 aliphatic rings. The molecule has 1 aliphatic carbocycles. The van der Waals surface area contributed by atoms with Crippen molar-refractivity contribution in [1.29, 1.82) is 0 Å². The van der Waals surface area contributed by atoms with Gasteiger partial charge in [-0.3, -0.25) is 0 Å². The summed E-state index contributed by atoms with van der Waals surface area (Å²) in [7, 11) is 0. The van der Waals surface area contributed by atoms with Crippen molar-refractivity contribution in [2.75, 3.05) is 0 Å². The molecule has 1 rings (SSSR count). The first-order chi connectivity index (χ1) is 4.19. The smallest absolute Gasteiger partial charge is 0.0797 e. The highest BCUT2D eigenvalue weighted by atomic mass is 16.3. The molecule has 0 heterocycles. The predicted octanol–water partition coefficient (Wildman–Crippen LogP) is 0.639. The van der Waals surface area contributed by atoms with E-state index in [1.54, 1.807) is 0 Å². The Balaban J connectivity index is 2.38. The molecule has 1 fully saturated rings. The molecule has 1 saturated carbocycles. The first-order valence-electron chi connectivity index (χ1n) is 3.67. The third-order valence-corrected chi connectivity index (χ3v) is 2.35. The van der Waals surface area contributed by atoms with Gasteiger partial charge in [-0.25, -0.2) is 0 Å². The van der Waals surface area contributed by atoms with Gasteiger partial charge in [0.05, 0.1) is 5.60 Å². The second-order valence-corrected chi connectivity index (χ2v) is 2.97. The molecule has 0 aliphatic heterocycles. The van der Waals surface area contributed by atoms with E-state index in [1.807, 2.05) is 6.92 Å². The fraction of sp³-hybridized carbons (Fsp3) is 1.00. The highest BCUT2D eigenvalue weighted by Crippen LogP contribution is 2.34. The van der Waals surface area contributed by atoms with Crippen molar-refractivity contribution >= 4 is 0 Å². The SMILES string of the molecule is CC[C@@H](N)C1(O)CCC1. The average Bonchev–Trinajstić information content (AvgIpc) is 1.81. The molecule has 54 valence electrons. The highest BCUT2D eigenvalue weighted by molar-refractivity contribution is 4.95.